The highest BCUT2D eigenvalue weighted by atomic mass is 14.9. The minimum absolute atomic E-state index is 0.245. The van der Waals surface area contributed by atoms with E-state index in [1.807, 2.05) is 0 Å². The van der Waals surface area contributed by atoms with Crippen LogP contribution in [0.3, 0.4) is 0 Å². The molecular weight excluding hydrogens is 220 g/mol. The Morgan fingerprint density at radius 3 is 2.39 bits per heavy atom. The molecule has 0 heterocycles. The van der Waals surface area contributed by atoms with Gasteiger partial charge in [0.15, 0.2) is 0 Å². The Hall–Kier alpha value is -0.550. The second-order valence-electron chi connectivity index (χ2n) is 6.74. The van der Waals surface area contributed by atoms with Crippen molar-refractivity contribution in [1.29, 1.82) is 5.26 Å². The van der Waals surface area contributed by atoms with E-state index in [-0.39, 0.29) is 5.41 Å². The highest BCUT2D eigenvalue weighted by Gasteiger charge is 2.22. The maximum absolute atomic E-state index is 8.67. The maximum atomic E-state index is 8.67. The third-order valence-corrected chi connectivity index (χ3v) is 4.42. The van der Waals surface area contributed by atoms with Crippen LogP contribution >= 0.6 is 0 Å². The molecule has 18 heavy (non-hydrogen) atoms. The summed E-state index contributed by atoms with van der Waals surface area (Å²) in [6.07, 6.45) is 10.1. The number of rotatable bonds is 6. The standard InChI is InChI=1S/C16H30N2/c1-14(15-9-6-4-5-7-10-15)18-13-16(2,3)11-8-12-17/h14-15,18H,4-11,13H2,1-3H3/t14-/m1/s1. The first-order valence-electron chi connectivity index (χ1n) is 7.65. The van der Waals surface area contributed by atoms with Crippen molar-refractivity contribution in [2.24, 2.45) is 11.3 Å². The van der Waals surface area contributed by atoms with Crippen molar-refractivity contribution < 1.29 is 0 Å². The molecule has 104 valence electrons. The minimum Gasteiger partial charge on any atom is -0.313 e. The van der Waals surface area contributed by atoms with Crippen LogP contribution in [0, 0.1) is 22.7 Å². The first-order valence-corrected chi connectivity index (χ1v) is 7.65. The van der Waals surface area contributed by atoms with Gasteiger partial charge < -0.3 is 5.32 Å². The van der Waals surface area contributed by atoms with E-state index < -0.39 is 0 Å². The van der Waals surface area contributed by atoms with E-state index in [1.165, 1.54) is 38.5 Å². The summed E-state index contributed by atoms with van der Waals surface area (Å²) in [5.74, 6) is 0.860. The average molecular weight is 250 g/mol. The zero-order chi connectivity index (χ0) is 13.4. The second kappa shape index (κ2) is 7.79. The van der Waals surface area contributed by atoms with E-state index in [2.05, 4.69) is 32.2 Å². The van der Waals surface area contributed by atoms with Crippen LogP contribution in [-0.2, 0) is 0 Å². The smallest absolute Gasteiger partial charge is 0.0621 e. The Morgan fingerprint density at radius 2 is 1.83 bits per heavy atom. The van der Waals surface area contributed by atoms with E-state index in [4.69, 9.17) is 5.26 Å². The van der Waals surface area contributed by atoms with Gasteiger partial charge in [-0.3, -0.25) is 0 Å². The van der Waals surface area contributed by atoms with Crippen molar-refractivity contribution in [2.45, 2.75) is 78.2 Å². The van der Waals surface area contributed by atoms with E-state index in [1.54, 1.807) is 0 Å². The largest absolute Gasteiger partial charge is 0.313 e. The van der Waals surface area contributed by atoms with Gasteiger partial charge in [0.25, 0.3) is 0 Å². The molecule has 1 saturated carbocycles. The highest BCUT2D eigenvalue weighted by molar-refractivity contribution is 4.82. The van der Waals surface area contributed by atoms with Crippen molar-refractivity contribution >= 4 is 0 Å². The molecule has 1 aliphatic rings. The predicted octanol–water partition coefficient (Wildman–Crippen LogP) is 4.26. The molecule has 1 fully saturated rings. The van der Waals surface area contributed by atoms with Crippen molar-refractivity contribution in [1.82, 2.24) is 5.32 Å². The van der Waals surface area contributed by atoms with Gasteiger partial charge >= 0.3 is 0 Å². The zero-order valence-electron chi connectivity index (χ0n) is 12.5. The molecule has 1 aliphatic carbocycles. The first-order chi connectivity index (χ1) is 8.55. The van der Waals surface area contributed by atoms with Gasteiger partial charge in [0.1, 0.15) is 0 Å². The van der Waals surface area contributed by atoms with Crippen LogP contribution in [0.25, 0.3) is 0 Å². The van der Waals surface area contributed by atoms with Crippen LogP contribution in [0.15, 0.2) is 0 Å². The summed E-state index contributed by atoms with van der Waals surface area (Å²) in [6, 6.07) is 2.88. The van der Waals surface area contributed by atoms with Gasteiger partial charge in [0, 0.05) is 19.0 Å². The lowest BCUT2D eigenvalue weighted by molar-refractivity contribution is 0.263. The van der Waals surface area contributed by atoms with Gasteiger partial charge in [-0.05, 0) is 37.5 Å². The molecule has 0 aromatic rings. The third kappa shape index (κ3) is 5.87. The van der Waals surface area contributed by atoms with Gasteiger partial charge in [0.2, 0.25) is 0 Å². The number of nitrogens with one attached hydrogen (secondary N) is 1. The lowest BCUT2D eigenvalue weighted by atomic mass is 9.86. The fourth-order valence-electron chi connectivity index (χ4n) is 2.90. The summed E-state index contributed by atoms with van der Waals surface area (Å²) in [4.78, 5) is 0. The van der Waals surface area contributed by atoms with E-state index in [9.17, 15) is 0 Å². The van der Waals surface area contributed by atoms with Crippen LogP contribution in [0.4, 0.5) is 0 Å². The lowest BCUT2D eigenvalue weighted by Crippen LogP contribution is -2.39. The summed E-state index contributed by atoms with van der Waals surface area (Å²) < 4.78 is 0. The molecule has 0 bridgehead atoms. The molecule has 2 nitrogen and oxygen atoms in total. The molecule has 0 spiro atoms. The molecular formula is C16H30N2. The molecule has 0 aromatic heterocycles. The van der Waals surface area contributed by atoms with Crippen LogP contribution in [0.5, 0.6) is 0 Å². The SMILES string of the molecule is C[C@@H](NCC(C)(C)CCC#N)C1CCCCCC1. The van der Waals surface area contributed by atoms with Gasteiger partial charge in [-0.25, -0.2) is 0 Å². The molecule has 0 unspecified atom stereocenters. The molecule has 0 amide bonds. The Bertz CT molecular complexity index is 257. The summed E-state index contributed by atoms with van der Waals surface area (Å²) >= 11 is 0. The Balaban J connectivity index is 2.30. The molecule has 1 atom stereocenters. The molecule has 0 aliphatic heterocycles. The lowest BCUT2D eigenvalue weighted by Gasteiger charge is -2.30. The number of hydrogen-bond donors (Lipinski definition) is 1. The van der Waals surface area contributed by atoms with Gasteiger partial charge in [0.05, 0.1) is 6.07 Å². The molecule has 2 heteroatoms. The Kier molecular flexibility index (Phi) is 6.71. The van der Waals surface area contributed by atoms with E-state index in [0.717, 1.165) is 18.9 Å². The number of hydrogen-bond acceptors (Lipinski definition) is 2. The summed E-state index contributed by atoms with van der Waals surface area (Å²) in [6.45, 7) is 7.90. The zero-order valence-corrected chi connectivity index (χ0v) is 12.5. The first kappa shape index (κ1) is 15.5. The third-order valence-electron chi connectivity index (χ3n) is 4.42. The normalized spacial score (nSPS) is 20.1. The molecule has 1 N–H and O–H groups in total. The minimum atomic E-state index is 0.245. The van der Waals surface area contributed by atoms with E-state index >= 15 is 0 Å². The van der Waals surface area contributed by atoms with Crippen LogP contribution in [0.1, 0.15) is 72.1 Å². The maximum Gasteiger partial charge on any atom is 0.0621 e. The molecule has 0 radical (unpaired) electrons. The fourth-order valence-corrected chi connectivity index (χ4v) is 2.90. The van der Waals surface area contributed by atoms with Crippen molar-refractivity contribution in [2.75, 3.05) is 6.54 Å². The highest BCUT2D eigenvalue weighted by Crippen LogP contribution is 2.27. The van der Waals surface area contributed by atoms with Crippen molar-refractivity contribution in [3.05, 3.63) is 0 Å². The van der Waals surface area contributed by atoms with Gasteiger partial charge in [-0.1, -0.05) is 39.5 Å². The van der Waals surface area contributed by atoms with Crippen LogP contribution in [0.2, 0.25) is 0 Å². The van der Waals surface area contributed by atoms with Crippen molar-refractivity contribution in [3.8, 4) is 6.07 Å². The predicted molar refractivity (Wildman–Crippen MR) is 77.3 cm³/mol. The van der Waals surface area contributed by atoms with E-state index in [0.29, 0.717) is 12.5 Å². The van der Waals surface area contributed by atoms with Gasteiger partial charge in [-0.15, -0.1) is 0 Å². The molecule has 1 rings (SSSR count). The Labute approximate surface area is 113 Å². The van der Waals surface area contributed by atoms with Crippen LogP contribution < -0.4 is 5.32 Å². The van der Waals surface area contributed by atoms with Gasteiger partial charge in [-0.2, -0.15) is 5.26 Å². The quantitative estimate of drug-likeness (QED) is 0.715. The molecule has 0 saturated heterocycles. The summed E-state index contributed by atoms with van der Waals surface area (Å²) in [5.41, 5.74) is 0.245. The number of nitriles is 1. The monoisotopic (exact) mass is 250 g/mol. The fraction of sp³-hybridized carbons (Fsp3) is 0.938. The number of nitrogens with zero attached hydrogens (tertiary/aromatic N) is 1. The summed E-state index contributed by atoms with van der Waals surface area (Å²) in [5, 5.41) is 12.4. The molecule has 0 aromatic carbocycles. The van der Waals surface area contributed by atoms with Crippen molar-refractivity contribution in [3.63, 3.8) is 0 Å². The van der Waals surface area contributed by atoms with Crippen LogP contribution in [-0.4, -0.2) is 12.6 Å². The topological polar surface area (TPSA) is 35.8 Å². The average Bonchev–Trinajstić information content (AvgIpc) is 2.62. The summed E-state index contributed by atoms with van der Waals surface area (Å²) in [7, 11) is 0. The second-order valence-corrected chi connectivity index (χ2v) is 6.74. The Morgan fingerprint density at radius 1 is 1.22 bits per heavy atom.